The number of para-hydroxylation sites is 1. The second-order valence-electron chi connectivity index (χ2n) is 8.66. The van der Waals surface area contributed by atoms with E-state index < -0.39 is 11.9 Å². The van der Waals surface area contributed by atoms with Gasteiger partial charge in [-0.1, -0.05) is 48.0 Å². The summed E-state index contributed by atoms with van der Waals surface area (Å²) in [7, 11) is 0. The van der Waals surface area contributed by atoms with Gasteiger partial charge in [-0.2, -0.15) is 0 Å². The van der Waals surface area contributed by atoms with Gasteiger partial charge in [0.25, 0.3) is 0 Å². The van der Waals surface area contributed by atoms with Crippen LogP contribution < -0.4 is 10.1 Å². The largest absolute Gasteiger partial charge is 0.488 e. The van der Waals surface area contributed by atoms with E-state index in [4.69, 9.17) is 16.3 Å². The number of benzene rings is 3. The molecule has 0 radical (unpaired) electrons. The van der Waals surface area contributed by atoms with Gasteiger partial charge in [0, 0.05) is 53.7 Å². The number of anilines is 1. The first-order valence-corrected chi connectivity index (χ1v) is 11.8. The normalized spacial score (nSPS) is 18.1. The molecule has 1 aliphatic heterocycles. The van der Waals surface area contributed by atoms with Crippen LogP contribution in [0.1, 0.15) is 6.92 Å². The Hall–Kier alpha value is -2.71. The molecule has 0 unspecified atom stereocenters. The third-order valence-electron chi connectivity index (χ3n) is 6.07. The molecule has 1 amide bonds. The minimum Gasteiger partial charge on any atom is -0.488 e. The SMILES string of the molecule is C[C@H]1CN(CC(=O)Nc2ccc(Cl)c3ccccc23)CCN1C[C@@H](O)COc1ccccc1F. The maximum absolute atomic E-state index is 13.7. The van der Waals surface area contributed by atoms with Crippen LogP contribution in [-0.4, -0.2) is 72.3 Å². The zero-order valence-corrected chi connectivity index (χ0v) is 19.8. The number of aliphatic hydroxyl groups excluding tert-OH is 1. The van der Waals surface area contributed by atoms with Crippen molar-refractivity contribution >= 4 is 34.0 Å². The van der Waals surface area contributed by atoms with Crippen molar-refractivity contribution in [2.24, 2.45) is 0 Å². The molecule has 0 aliphatic carbocycles. The van der Waals surface area contributed by atoms with Gasteiger partial charge in [0.05, 0.1) is 6.54 Å². The van der Waals surface area contributed by atoms with Gasteiger partial charge in [-0.15, -0.1) is 0 Å². The van der Waals surface area contributed by atoms with Gasteiger partial charge in [-0.25, -0.2) is 4.39 Å². The zero-order chi connectivity index (χ0) is 24.1. The Morgan fingerprint density at radius 3 is 2.65 bits per heavy atom. The van der Waals surface area contributed by atoms with E-state index in [1.807, 2.05) is 30.3 Å². The summed E-state index contributed by atoms with van der Waals surface area (Å²) in [6.07, 6.45) is -0.741. The number of ether oxygens (including phenoxy) is 1. The van der Waals surface area contributed by atoms with Crippen molar-refractivity contribution in [2.75, 3.05) is 44.6 Å². The Balaban J connectivity index is 1.25. The first-order chi connectivity index (χ1) is 16.4. The number of carbonyl (C=O) groups excluding carboxylic acids is 1. The average molecular weight is 486 g/mol. The molecule has 1 aliphatic rings. The molecule has 1 fully saturated rings. The summed E-state index contributed by atoms with van der Waals surface area (Å²) in [5.74, 6) is -0.382. The number of piperazine rings is 1. The Morgan fingerprint density at radius 1 is 1.15 bits per heavy atom. The number of halogens is 2. The lowest BCUT2D eigenvalue weighted by Gasteiger charge is -2.40. The molecule has 2 N–H and O–H groups in total. The molecule has 1 saturated heterocycles. The van der Waals surface area contributed by atoms with Gasteiger partial charge in [0.15, 0.2) is 11.6 Å². The van der Waals surface area contributed by atoms with Crippen LogP contribution in [0.4, 0.5) is 10.1 Å². The van der Waals surface area contributed by atoms with Crippen molar-refractivity contribution in [1.82, 2.24) is 9.80 Å². The zero-order valence-electron chi connectivity index (χ0n) is 19.1. The molecule has 3 aromatic rings. The van der Waals surface area contributed by atoms with Gasteiger partial charge in [0.1, 0.15) is 12.7 Å². The number of aliphatic hydroxyl groups is 1. The molecule has 0 aromatic heterocycles. The van der Waals surface area contributed by atoms with Gasteiger partial charge in [-0.05, 0) is 31.2 Å². The van der Waals surface area contributed by atoms with Gasteiger partial charge < -0.3 is 15.2 Å². The van der Waals surface area contributed by atoms with Crippen molar-refractivity contribution in [1.29, 1.82) is 0 Å². The molecule has 0 saturated carbocycles. The number of carbonyl (C=O) groups is 1. The van der Waals surface area contributed by atoms with Crippen molar-refractivity contribution in [3.8, 4) is 5.75 Å². The number of β-amino-alcohol motifs (C(OH)–C–C–N with tert-alkyl or cyclic N) is 1. The second kappa shape index (κ2) is 11.1. The monoisotopic (exact) mass is 485 g/mol. The van der Waals surface area contributed by atoms with Crippen LogP contribution in [0.15, 0.2) is 60.7 Å². The Labute approximate surface area is 203 Å². The van der Waals surface area contributed by atoms with E-state index in [0.717, 1.165) is 23.0 Å². The smallest absolute Gasteiger partial charge is 0.238 e. The lowest BCUT2D eigenvalue weighted by Crippen LogP contribution is -2.55. The molecule has 6 nitrogen and oxygen atoms in total. The van der Waals surface area contributed by atoms with E-state index in [-0.39, 0.29) is 30.9 Å². The van der Waals surface area contributed by atoms with Crippen molar-refractivity contribution in [3.63, 3.8) is 0 Å². The van der Waals surface area contributed by atoms with E-state index >= 15 is 0 Å². The fourth-order valence-corrected chi connectivity index (χ4v) is 4.55. The predicted octanol–water partition coefficient (Wildman–Crippen LogP) is 4.02. The van der Waals surface area contributed by atoms with E-state index in [1.54, 1.807) is 24.3 Å². The van der Waals surface area contributed by atoms with Crippen LogP contribution in [0.3, 0.4) is 0 Å². The maximum Gasteiger partial charge on any atom is 0.238 e. The summed E-state index contributed by atoms with van der Waals surface area (Å²) in [6, 6.07) is 17.7. The summed E-state index contributed by atoms with van der Waals surface area (Å²) < 4.78 is 19.1. The average Bonchev–Trinajstić information content (AvgIpc) is 2.82. The van der Waals surface area contributed by atoms with E-state index in [9.17, 15) is 14.3 Å². The van der Waals surface area contributed by atoms with Gasteiger partial charge >= 0.3 is 0 Å². The third-order valence-corrected chi connectivity index (χ3v) is 6.40. The topological polar surface area (TPSA) is 65.0 Å². The van der Waals surface area contributed by atoms with E-state index in [2.05, 4.69) is 22.0 Å². The molecule has 3 aromatic carbocycles. The molecule has 4 rings (SSSR count). The number of fused-ring (bicyclic) bond motifs is 1. The van der Waals surface area contributed by atoms with E-state index in [0.29, 0.717) is 24.7 Å². The highest BCUT2D eigenvalue weighted by Gasteiger charge is 2.26. The highest BCUT2D eigenvalue weighted by molar-refractivity contribution is 6.36. The third kappa shape index (κ3) is 6.04. The lowest BCUT2D eigenvalue weighted by atomic mass is 10.1. The number of hydrogen-bond acceptors (Lipinski definition) is 5. The van der Waals surface area contributed by atoms with Crippen molar-refractivity contribution < 1.29 is 19.0 Å². The summed E-state index contributed by atoms with van der Waals surface area (Å²) >= 11 is 6.28. The predicted molar refractivity (Wildman–Crippen MR) is 133 cm³/mol. The number of nitrogens with zero attached hydrogens (tertiary/aromatic N) is 2. The molecular formula is C26H29ClFN3O3. The summed E-state index contributed by atoms with van der Waals surface area (Å²) in [5.41, 5.74) is 0.745. The lowest BCUT2D eigenvalue weighted by molar-refractivity contribution is -0.118. The molecule has 34 heavy (non-hydrogen) atoms. The molecular weight excluding hydrogens is 457 g/mol. The number of nitrogens with one attached hydrogen (secondary N) is 1. The summed E-state index contributed by atoms with van der Waals surface area (Å²) in [6.45, 7) is 4.93. The summed E-state index contributed by atoms with van der Waals surface area (Å²) in [5, 5.41) is 15.9. The van der Waals surface area contributed by atoms with Crippen LogP contribution in [0, 0.1) is 5.82 Å². The van der Waals surface area contributed by atoms with Crippen LogP contribution in [0.5, 0.6) is 5.75 Å². The minimum absolute atomic E-state index is 0.0192. The quantitative estimate of drug-likeness (QED) is 0.504. The second-order valence-corrected chi connectivity index (χ2v) is 9.07. The Kier molecular flexibility index (Phi) is 8.00. The van der Waals surface area contributed by atoms with E-state index in [1.165, 1.54) is 6.07 Å². The van der Waals surface area contributed by atoms with Crippen LogP contribution >= 0.6 is 11.6 Å². The molecule has 2 atom stereocenters. The highest BCUT2D eigenvalue weighted by atomic mass is 35.5. The van der Waals surface area contributed by atoms with Gasteiger partial charge in [-0.3, -0.25) is 14.6 Å². The van der Waals surface area contributed by atoms with Crippen LogP contribution in [0.2, 0.25) is 5.02 Å². The number of rotatable bonds is 8. The molecule has 0 spiro atoms. The number of amides is 1. The molecule has 0 bridgehead atoms. The first-order valence-electron chi connectivity index (χ1n) is 11.4. The fourth-order valence-electron chi connectivity index (χ4n) is 4.32. The molecule has 1 heterocycles. The molecule has 180 valence electrons. The minimum atomic E-state index is -0.741. The summed E-state index contributed by atoms with van der Waals surface area (Å²) in [4.78, 5) is 17.0. The Morgan fingerprint density at radius 2 is 1.88 bits per heavy atom. The maximum atomic E-state index is 13.7. The standard InChI is InChI=1S/C26H29ClFN3O3/c1-18-14-30(12-13-31(18)15-19(32)17-34-25-9-5-4-8-23(25)28)16-26(33)29-24-11-10-22(27)20-6-2-3-7-21(20)24/h2-11,18-19,32H,12-17H2,1H3,(H,29,33)/t18-,19+/m0/s1. The van der Waals surface area contributed by atoms with Crippen LogP contribution in [-0.2, 0) is 4.79 Å². The molecule has 8 heteroatoms. The highest BCUT2D eigenvalue weighted by Crippen LogP contribution is 2.29. The fraction of sp³-hybridized carbons (Fsp3) is 0.346. The van der Waals surface area contributed by atoms with Gasteiger partial charge in [0.2, 0.25) is 5.91 Å². The van der Waals surface area contributed by atoms with Crippen molar-refractivity contribution in [2.45, 2.75) is 19.1 Å². The first kappa shape index (κ1) is 24.4. The number of hydrogen-bond donors (Lipinski definition) is 2. The Bertz CT molecular complexity index is 1150. The van der Waals surface area contributed by atoms with Crippen LogP contribution in [0.25, 0.3) is 10.8 Å². The van der Waals surface area contributed by atoms with Crippen molar-refractivity contribution in [3.05, 3.63) is 71.5 Å².